The summed E-state index contributed by atoms with van der Waals surface area (Å²) < 4.78 is 24.7. The van der Waals surface area contributed by atoms with E-state index in [1.807, 2.05) is 56.5 Å². The van der Waals surface area contributed by atoms with Crippen molar-refractivity contribution in [3.63, 3.8) is 0 Å². The monoisotopic (exact) mass is 789 g/mol. The van der Waals surface area contributed by atoms with Crippen LogP contribution >= 0.6 is 0 Å². The van der Waals surface area contributed by atoms with Gasteiger partial charge in [-0.15, -0.1) is 0 Å². The highest BCUT2D eigenvalue weighted by atomic mass is 19.1. The molecule has 0 spiro atoms. The zero-order chi connectivity index (χ0) is 40.7. The summed E-state index contributed by atoms with van der Waals surface area (Å²) in [6.07, 6.45) is 8.55. The molecule has 0 aliphatic carbocycles. The molecule has 0 unspecified atom stereocenters. The highest BCUT2D eigenvalue weighted by molar-refractivity contribution is 6.09. The van der Waals surface area contributed by atoms with Crippen molar-refractivity contribution in [2.24, 2.45) is 7.05 Å². The highest BCUT2D eigenvalue weighted by Crippen LogP contribution is 2.36. The zero-order valence-electron chi connectivity index (χ0n) is 33.5. The van der Waals surface area contributed by atoms with Gasteiger partial charge in [-0.05, 0) is 105 Å². The van der Waals surface area contributed by atoms with Crippen LogP contribution in [-0.4, -0.2) is 83.4 Å². The molecule has 2 aliphatic heterocycles. The summed E-state index contributed by atoms with van der Waals surface area (Å²) in [5.41, 5.74) is 6.67. The van der Waals surface area contributed by atoms with Crippen LogP contribution in [0.1, 0.15) is 97.6 Å². The van der Waals surface area contributed by atoms with Gasteiger partial charge in [0.1, 0.15) is 11.8 Å². The summed E-state index contributed by atoms with van der Waals surface area (Å²) in [5, 5.41) is 18.6. The van der Waals surface area contributed by atoms with E-state index in [0.29, 0.717) is 34.7 Å². The molecule has 58 heavy (non-hydrogen) atoms. The number of hydrogen-bond acceptors (Lipinski definition) is 10. The van der Waals surface area contributed by atoms with Gasteiger partial charge in [-0.3, -0.25) is 24.5 Å². The van der Waals surface area contributed by atoms with Crippen molar-refractivity contribution >= 4 is 40.1 Å². The number of anilines is 1. The maximum absolute atomic E-state index is 16.0. The third-order valence-corrected chi connectivity index (χ3v) is 11.3. The van der Waals surface area contributed by atoms with E-state index in [1.54, 1.807) is 13.4 Å². The van der Waals surface area contributed by atoms with Crippen LogP contribution in [0.3, 0.4) is 0 Å². The van der Waals surface area contributed by atoms with Crippen molar-refractivity contribution in [3.05, 3.63) is 88.7 Å². The number of nitrogens with zero attached hydrogens (tertiary/aromatic N) is 9. The molecule has 6 heterocycles. The molecule has 4 aromatic heterocycles. The van der Waals surface area contributed by atoms with Crippen molar-refractivity contribution in [1.82, 2.24) is 50.1 Å². The minimum atomic E-state index is -0.535. The van der Waals surface area contributed by atoms with Gasteiger partial charge in [-0.25, -0.2) is 18.7 Å². The number of benzene rings is 2. The van der Waals surface area contributed by atoms with E-state index in [4.69, 9.17) is 4.52 Å². The second kappa shape index (κ2) is 15.7. The van der Waals surface area contributed by atoms with Gasteiger partial charge in [0.05, 0.1) is 11.2 Å². The third-order valence-electron chi connectivity index (χ3n) is 11.3. The van der Waals surface area contributed by atoms with Crippen LogP contribution in [0.2, 0.25) is 0 Å². The van der Waals surface area contributed by atoms with Crippen LogP contribution in [0.25, 0.3) is 27.7 Å². The van der Waals surface area contributed by atoms with E-state index in [2.05, 4.69) is 59.2 Å². The number of carbonyl (C=O) groups is 3. The average Bonchev–Trinajstić information content (AvgIpc) is 3.94. The van der Waals surface area contributed by atoms with Gasteiger partial charge < -0.3 is 14.7 Å². The minimum absolute atomic E-state index is 0.0192. The number of unbranched alkanes of at least 4 members (excludes halogenated alkanes) is 1. The van der Waals surface area contributed by atoms with Gasteiger partial charge in [0, 0.05) is 49.1 Å². The molecule has 2 aromatic carbocycles. The van der Waals surface area contributed by atoms with E-state index in [1.165, 1.54) is 15.1 Å². The van der Waals surface area contributed by atoms with E-state index in [-0.39, 0.29) is 47.8 Å². The highest BCUT2D eigenvalue weighted by Gasteiger charge is 2.31. The quantitative estimate of drug-likeness (QED) is 0.149. The maximum Gasteiger partial charge on any atom is 0.329 e. The number of nitrogens with one attached hydrogen (secondary N) is 2. The molecule has 0 saturated carbocycles. The molecule has 2 N–H and O–H groups in total. The van der Waals surface area contributed by atoms with E-state index >= 15 is 4.39 Å². The van der Waals surface area contributed by atoms with E-state index < -0.39 is 6.03 Å². The predicted molar refractivity (Wildman–Crippen MR) is 215 cm³/mol. The smallest absolute Gasteiger partial charge is 0.329 e. The Labute approximate surface area is 335 Å². The first-order chi connectivity index (χ1) is 27.8. The van der Waals surface area contributed by atoms with Gasteiger partial charge in [-0.1, -0.05) is 44.1 Å². The normalized spacial score (nSPS) is 15.8. The van der Waals surface area contributed by atoms with Gasteiger partial charge in [0.25, 0.3) is 11.7 Å². The molecule has 0 radical (unpaired) electrons. The number of rotatable bonds is 11. The Hall–Kier alpha value is -6.03. The second-order valence-electron chi connectivity index (χ2n) is 16.4. The van der Waals surface area contributed by atoms with Gasteiger partial charge in [0.15, 0.2) is 11.6 Å². The molecule has 8 rings (SSSR count). The van der Waals surface area contributed by atoms with Crippen molar-refractivity contribution < 1.29 is 23.3 Å². The van der Waals surface area contributed by atoms with Crippen LogP contribution in [0.4, 0.5) is 15.0 Å². The summed E-state index contributed by atoms with van der Waals surface area (Å²) in [4.78, 5) is 49.6. The molecule has 16 heteroatoms. The number of amides is 4. The Morgan fingerprint density at radius 3 is 2.62 bits per heavy atom. The number of fused-ring (bicyclic) bond motifs is 2. The first-order valence-electron chi connectivity index (χ1n) is 19.9. The molecule has 2 aliphatic rings. The van der Waals surface area contributed by atoms with Crippen molar-refractivity contribution in [1.29, 1.82) is 0 Å². The van der Waals surface area contributed by atoms with Crippen molar-refractivity contribution in [2.45, 2.75) is 84.1 Å². The Bertz CT molecular complexity index is 2530. The number of imide groups is 1. The van der Waals surface area contributed by atoms with Gasteiger partial charge in [-0.2, -0.15) is 15.2 Å². The fraction of sp³-hybridized carbons (Fsp3) is 0.429. The van der Waals surface area contributed by atoms with Gasteiger partial charge >= 0.3 is 6.03 Å². The third kappa shape index (κ3) is 7.80. The Morgan fingerprint density at radius 1 is 1.07 bits per heavy atom. The average molecular weight is 790 g/mol. The number of piperidine rings is 1. The predicted octanol–water partition coefficient (Wildman–Crippen LogP) is 5.99. The lowest BCUT2D eigenvalue weighted by Crippen LogP contribution is -2.49. The first-order valence-corrected chi connectivity index (χ1v) is 19.9. The molecule has 0 atom stereocenters. The van der Waals surface area contributed by atoms with Crippen molar-refractivity contribution in [3.8, 4) is 11.3 Å². The molecular formula is C42H48FN11O4. The fourth-order valence-electron chi connectivity index (χ4n) is 7.99. The fourth-order valence-corrected chi connectivity index (χ4v) is 7.99. The molecule has 2 saturated heterocycles. The maximum atomic E-state index is 16.0. The molecular weight excluding hydrogens is 742 g/mol. The SMILES string of the molecule is Cc1cc(-c2ncnn3cc(CCCCN4CCC(c5ccc6c(N7CCC(=O)NC7=O)nn(C)c6c5F)CC4)cc23)ccc1CNC(=O)c1noc(C(C)(C)C)n1. The van der Waals surface area contributed by atoms with E-state index in [0.717, 1.165) is 79.6 Å². The molecule has 4 amide bonds. The Kier molecular flexibility index (Phi) is 10.5. The lowest BCUT2D eigenvalue weighted by atomic mass is 9.88. The summed E-state index contributed by atoms with van der Waals surface area (Å²) in [6, 6.07) is 11.4. The minimum Gasteiger partial charge on any atom is -0.345 e. The Balaban J connectivity index is 0.832. The summed E-state index contributed by atoms with van der Waals surface area (Å²) in [6.45, 7) is 11.2. The van der Waals surface area contributed by atoms with Gasteiger partial charge in [0.2, 0.25) is 11.8 Å². The number of hydrogen-bond donors (Lipinski definition) is 2. The van der Waals surface area contributed by atoms with Crippen LogP contribution in [0.15, 0.2) is 53.4 Å². The second-order valence-corrected chi connectivity index (χ2v) is 16.4. The molecule has 15 nitrogen and oxygen atoms in total. The number of urea groups is 1. The lowest BCUT2D eigenvalue weighted by Gasteiger charge is -2.32. The molecule has 2 fully saturated rings. The first kappa shape index (κ1) is 38.8. The molecule has 6 aromatic rings. The van der Waals surface area contributed by atoms with Crippen molar-refractivity contribution in [2.75, 3.05) is 31.1 Å². The summed E-state index contributed by atoms with van der Waals surface area (Å²) >= 11 is 0. The number of halogens is 1. The van der Waals surface area contributed by atoms with E-state index in [9.17, 15) is 14.4 Å². The lowest BCUT2D eigenvalue weighted by molar-refractivity contribution is -0.120. The van der Waals surface area contributed by atoms with Crippen LogP contribution in [0.5, 0.6) is 0 Å². The summed E-state index contributed by atoms with van der Waals surface area (Å²) in [7, 11) is 1.69. The largest absolute Gasteiger partial charge is 0.345 e. The topological polar surface area (TPSA) is 169 Å². The van der Waals surface area contributed by atoms with Crippen LogP contribution in [-0.2, 0) is 30.2 Å². The molecule has 302 valence electrons. The summed E-state index contributed by atoms with van der Waals surface area (Å²) in [5.74, 6) is -0.0992. The standard InChI is InChI=1S/C42H48FN11O4/c1-25-20-28(9-10-29(25)22-44-39(56)37-48-40(58-50-37)42(2,3)4)35-32-21-26(23-54(32)46-24-45-35)8-6-7-16-52-17-13-27(14-18-52)30-11-12-31-36(34(30)43)51(5)49-38(31)53-19-15-33(55)47-41(53)57/h9-12,20-21,23-24,27H,6-8,13-19,22H2,1-5H3,(H,44,56)(H,47,55,57). The number of aryl methyl sites for hydroxylation is 3. The molecule has 0 bridgehead atoms. The number of likely N-dealkylation sites (tertiary alicyclic amines) is 1. The zero-order valence-corrected chi connectivity index (χ0v) is 33.5. The number of carbonyl (C=O) groups excluding carboxylic acids is 3. The number of aromatic nitrogens is 7. The Morgan fingerprint density at radius 2 is 1.88 bits per heavy atom. The van der Waals surface area contributed by atoms with Crippen LogP contribution in [0, 0.1) is 12.7 Å². The van der Waals surface area contributed by atoms with Crippen LogP contribution < -0.4 is 15.5 Å².